The molecule has 0 aromatic heterocycles. The molecule has 0 unspecified atom stereocenters. The minimum absolute atomic E-state index is 1.21. The highest BCUT2D eigenvalue weighted by Gasteiger charge is 1.98. The standard InChI is InChI=1S/C30H26S/c1-23-5-3-7-27(21-23)11-9-25-13-17-29(18-14-25)31-30-19-15-26(16-20-30)10-12-28-8-4-6-24(2)22-28/h3-22H,1-2H3. The molecular formula is C30H26S. The highest BCUT2D eigenvalue weighted by atomic mass is 32.2. The molecule has 0 N–H and O–H groups in total. The van der Waals surface area contributed by atoms with Gasteiger partial charge in [-0.1, -0.05) is 120 Å². The second-order valence-electron chi connectivity index (χ2n) is 7.74. The maximum atomic E-state index is 2.19. The van der Waals surface area contributed by atoms with Gasteiger partial charge in [0.2, 0.25) is 0 Å². The van der Waals surface area contributed by atoms with Crippen molar-refractivity contribution in [3.63, 3.8) is 0 Å². The Labute approximate surface area is 190 Å². The molecule has 0 heterocycles. The summed E-state index contributed by atoms with van der Waals surface area (Å²) in [6, 6.07) is 34.5. The molecule has 152 valence electrons. The van der Waals surface area contributed by atoms with Gasteiger partial charge in [-0.3, -0.25) is 0 Å². The molecule has 4 rings (SSSR count). The van der Waals surface area contributed by atoms with E-state index in [1.807, 2.05) is 0 Å². The first-order valence-electron chi connectivity index (χ1n) is 10.5. The van der Waals surface area contributed by atoms with E-state index in [-0.39, 0.29) is 0 Å². The molecule has 0 aliphatic carbocycles. The molecule has 1 heteroatoms. The van der Waals surface area contributed by atoms with E-state index in [2.05, 4.69) is 135 Å². The predicted molar refractivity (Wildman–Crippen MR) is 137 cm³/mol. The highest BCUT2D eigenvalue weighted by molar-refractivity contribution is 7.99. The van der Waals surface area contributed by atoms with Gasteiger partial charge in [-0.15, -0.1) is 0 Å². The first-order valence-corrected chi connectivity index (χ1v) is 11.3. The van der Waals surface area contributed by atoms with Crippen molar-refractivity contribution in [2.75, 3.05) is 0 Å². The summed E-state index contributed by atoms with van der Waals surface area (Å²) < 4.78 is 0. The van der Waals surface area contributed by atoms with Crippen molar-refractivity contribution in [2.45, 2.75) is 23.6 Å². The molecule has 0 fully saturated rings. The zero-order valence-corrected chi connectivity index (χ0v) is 18.8. The molecule has 0 saturated heterocycles. The van der Waals surface area contributed by atoms with Gasteiger partial charge >= 0.3 is 0 Å². The lowest BCUT2D eigenvalue weighted by atomic mass is 10.1. The van der Waals surface area contributed by atoms with Crippen molar-refractivity contribution in [1.29, 1.82) is 0 Å². The summed E-state index contributed by atoms with van der Waals surface area (Å²) in [7, 11) is 0. The monoisotopic (exact) mass is 418 g/mol. The third-order valence-corrected chi connectivity index (χ3v) is 6.03. The average Bonchev–Trinajstić information content (AvgIpc) is 2.78. The molecule has 4 aromatic carbocycles. The second kappa shape index (κ2) is 10.1. The van der Waals surface area contributed by atoms with Crippen molar-refractivity contribution in [2.24, 2.45) is 0 Å². The Morgan fingerprint density at radius 3 is 1.23 bits per heavy atom. The molecule has 0 saturated carbocycles. The first kappa shape index (κ1) is 21.0. The summed E-state index contributed by atoms with van der Waals surface area (Å²) in [6.45, 7) is 4.24. The first-order chi connectivity index (χ1) is 15.1. The molecule has 31 heavy (non-hydrogen) atoms. The number of hydrogen-bond acceptors (Lipinski definition) is 1. The largest absolute Gasteiger partial charge is 0.0901 e. The van der Waals surface area contributed by atoms with E-state index in [4.69, 9.17) is 0 Å². The Balaban J connectivity index is 1.37. The van der Waals surface area contributed by atoms with E-state index >= 15 is 0 Å². The van der Waals surface area contributed by atoms with Gasteiger partial charge in [0.25, 0.3) is 0 Å². The van der Waals surface area contributed by atoms with Gasteiger partial charge in [-0.2, -0.15) is 0 Å². The van der Waals surface area contributed by atoms with Crippen LogP contribution in [0.1, 0.15) is 33.4 Å². The fourth-order valence-corrected chi connectivity index (χ4v) is 4.18. The van der Waals surface area contributed by atoms with Crippen LogP contribution in [0.2, 0.25) is 0 Å². The van der Waals surface area contributed by atoms with Crippen molar-refractivity contribution < 1.29 is 0 Å². The molecule has 0 atom stereocenters. The number of hydrogen-bond donors (Lipinski definition) is 0. The van der Waals surface area contributed by atoms with Crippen molar-refractivity contribution in [1.82, 2.24) is 0 Å². The Morgan fingerprint density at radius 2 is 0.839 bits per heavy atom. The van der Waals surface area contributed by atoms with E-state index in [1.54, 1.807) is 11.8 Å². The van der Waals surface area contributed by atoms with Crippen LogP contribution in [-0.2, 0) is 0 Å². The predicted octanol–water partition coefficient (Wildman–Crippen LogP) is 8.80. The van der Waals surface area contributed by atoms with E-state index in [9.17, 15) is 0 Å². The minimum Gasteiger partial charge on any atom is -0.0901 e. The van der Waals surface area contributed by atoms with Crippen molar-refractivity contribution in [3.05, 3.63) is 130 Å². The minimum atomic E-state index is 1.21. The Hall–Kier alpha value is -3.29. The van der Waals surface area contributed by atoms with Gasteiger partial charge in [0.15, 0.2) is 0 Å². The van der Waals surface area contributed by atoms with E-state index in [0.717, 1.165) is 0 Å². The molecule has 0 aliphatic heterocycles. The maximum absolute atomic E-state index is 2.19. The van der Waals surface area contributed by atoms with Crippen LogP contribution in [0, 0.1) is 13.8 Å². The third-order valence-electron chi connectivity index (χ3n) is 5.02. The molecule has 0 amide bonds. The third kappa shape index (κ3) is 6.34. The molecule has 0 nitrogen and oxygen atoms in total. The quantitative estimate of drug-likeness (QED) is 0.282. The van der Waals surface area contributed by atoms with Crippen LogP contribution in [0.5, 0.6) is 0 Å². The Kier molecular flexibility index (Phi) is 6.86. The van der Waals surface area contributed by atoms with Gasteiger partial charge in [0.05, 0.1) is 0 Å². The number of rotatable bonds is 6. The van der Waals surface area contributed by atoms with E-state index in [1.165, 1.54) is 43.2 Å². The summed E-state index contributed by atoms with van der Waals surface area (Å²) in [5, 5.41) is 0. The SMILES string of the molecule is Cc1cccc(C=Cc2ccc(Sc3ccc(C=Cc4cccc(C)c4)cc3)cc2)c1. The van der Waals surface area contributed by atoms with Crippen LogP contribution in [0.25, 0.3) is 24.3 Å². The molecule has 0 spiro atoms. The van der Waals surface area contributed by atoms with Crippen molar-refractivity contribution >= 4 is 36.1 Å². The van der Waals surface area contributed by atoms with Crippen LogP contribution >= 0.6 is 11.8 Å². The van der Waals surface area contributed by atoms with Gasteiger partial charge in [-0.05, 0) is 60.4 Å². The summed E-state index contributed by atoms with van der Waals surface area (Å²) in [5.41, 5.74) is 7.45. The van der Waals surface area contributed by atoms with Gasteiger partial charge in [0, 0.05) is 9.79 Å². The van der Waals surface area contributed by atoms with E-state index in [0.29, 0.717) is 0 Å². The van der Waals surface area contributed by atoms with Gasteiger partial charge in [-0.25, -0.2) is 0 Å². The molecular weight excluding hydrogens is 392 g/mol. The lowest BCUT2D eigenvalue weighted by Gasteiger charge is -2.03. The lowest BCUT2D eigenvalue weighted by molar-refractivity contribution is 1.40. The smallest absolute Gasteiger partial charge is 0.0122 e. The molecule has 0 radical (unpaired) electrons. The molecule has 0 bridgehead atoms. The Morgan fingerprint density at radius 1 is 0.452 bits per heavy atom. The van der Waals surface area contributed by atoms with Crippen molar-refractivity contribution in [3.8, 4) is 0 Å². The Bertz CT molecular complexity index is 1100. The van der Waals surface area contributed by atoms with Gasteiger partial charge < -0.3 is 0 Å². The average molecular weight is 419 g/mol. The molecule has 4 aromatic rings. The van der Waals surface area contributed by atoms with Crippen LogP contribution in [-0.4, -0.2) is 0 Å². The zero-order chi connectivity index (χ0) is 21.5. The van der Waals surface area contributed by atoms with Crippen LogP contribution in [0.4, 0.5) is 0 Å². The van der Waals surface area contributed by atoms with E-state index < -0.39 is 0 Å². The zero-order valence-electron chi connectivity index (χ0n) is 18.0. The highest BCUT2D eigenvalue weighted by Crippen LogP contribution is 2.28. The topological polar surface area (TPSA) is 0 Å². The van der Waals surface area contributed by atoms with Crippen LogP contribution in [0.3, 0.4) is 0 Å². The van der Waals surface area contributed by atoms with Crippen LogP contribution in [0.15, 0.2) is 107 Å². The molecule has 0 aliphatic rings. The second-order valence-corrected chi connectivity index (χ2v) is 8.88. The van der Waals surface area contributed by atoms with Crippen LogP contribution < -0.4 is 0 Å². The summed E-state index contributed by atoms with van der Waals surface area (Å²) >= 11 is 1.79. The normalized spacial score (nSPS) is 11.4. The summed E-state index contributed by atoms with van der Waals surface area (Å²) in [6.07, 6.45) is 8.66. The van der Waals surface area contributed by atoms with Gasteiger partial charge in [0.1, 0.15) is 0 Å². The lowest BCUT2D eigenvalue weighted by Crippen LogP contribution is -1.78. The summed E-state index contributed by atoms with van der Waals surface area (Å²) in [4.78, 5) is 2.49. The fourth-order valence-electron chi connectivity index (χ4n) is 3.36. The summed E-state index contributed by atoms with van der Waals surface area (Å²) in [5.74, 6) is 0. The number of benzene rings is 4. The fraction of sp³-hybridized carbons (Fsp3) is 0.0667. The number of aryl methyl sites for hydroxylation is 2. The maximum Gasteiger partial charge on any atom is 0.0122 e.